The molecule has 4 nitrogen and oxygen atoms in total. The molecule has 0 unspecified atom stereocenters. The molecule has 1 fully saturated rings. The van der Waals surface area contributed by atoms with Crippen LogP contribution in [-0.4, -0.2) is 29.6 Å². The maximum Gasteiger partial charge on any atom is 0.425 e. The summed E-state index contributed by atoms with van der Waals surface area (Å²) in [7, 11) is 0. The summed E-state index contributed by atoms with van der Waals surface area (Å²) < 4.78 is 37.5. The van der Waals surface area contributed by atoms with Gasteiger partial charge in [0.1, 0.15) is 0 Å². The van der Waals surface area contributed by atoms with Crippen molar-refractivity contribution in [3.8, 4) is 0 Å². The molecule has 0 radical (unpaired) electrons. The number of carbonyl (C=O) groups is 1. The number of carboxylic acid groups (broad SMARTS) is 1. The van der Waals surface area contributed by atoms with Gasteiger partial charge in [-0.25, -0.2) is 0 Å². The molecule has 0 bridgehead atoms. The van der Waals surface area contributed by atoms with Crippen molar-refractivity contribution in [1.82, 2.24) is 0 Å². The molecule has 1 aliphatic rings. The highest BCUT2D eigenvalue weighted by molar-refractivity contribution is 6.48. The number of hydrogen-bond donors (Lipinski definition) is 1. The van der Waals surface area contributed by atoms with Crippen LogP contribution in [0.4, 0.5) is 13.2 Å². The van der Waals surface area contributed by atoms with Gasteiger partial charge in [-0.2, -0.15) is 13.2 Å². The maximum atomic E-state index is 12.5. The standard InChI is InChI=1S/C22H19Cl3F3NO3/c23-17-7-12(8-18(24)20(17)25)1-6-19(29-32-11-22(26,27)28)14-4-2-13(3-5-14)15-9-16(10-15)21(30)31/h2-5,7-8,15-16H,1,6,9-11H2,(H,30,31)/b29-19+. The maximum absolute atomic E-state index is 12.5. The van der Waals surface area contributed by atoms with Crippen molar-refractivity contribution in [3.05, 3.63) is 68.2 Å². The molecule has 0 atom stereocenters. The fraction of sp³-hybridized carbons (Fsp3) is 0.364. The smallest absolute Gasteiger partial charge is 0.425 e. The van der Waals surface area contributed by atoms with Gasteiger partial charge >= 0.3 is 12.1 Å². The molecule has 0 aromatic heterocycles. The van der Waals surface area contributed by atoms with Crippen molar-refractivity contribution in [2.24, 2.45) is 11.1 Å². The van der Waals surface area contributed by atoms with E-state index in [2.05, 4.69) is 9.99 Å². The van der Waals surface area contributed by atoms with Crippen LogP contribution in [0.25, 0.3) is 0 Å². The first-order valence-electron chi connectivity index (χ1n) is 9.75. The number of benzene rings is 2. The molecule has 0 spiro atoms. The first-order chi connectivity index (χ1) is 15.0. The van der Waals surface area contributed by atoms with Gasteiger partial charge in [0.15, 0.2) is 0 Å². The van der Waals surface area contributed by atoms with Crippen molar-refractivity contribution in [3.63, 3.8) is 0 Å². The number of aliphatic carboxylic acids is 1. The Labute approximate surface area is 197 Å². The van der Waals surface area contributed by atoms with Crippen LogP contribution < -0.4 is 0 Å². The molecule has 2 aromatic rings. The van der Waals surface area contributed by atoms with Crippen LogP contribution in [0.2, 0.25) is 15.1 Å². The molecule has 0 aliphatic heterocycles. The lowest BCUT2D eigenvalue weighted by Crippen LogP contribution is -2.28. The van der Waals surface area contributed by atoms with Crippen molar-refractivity contribution in [2.75, 3.05) is 6.61 Å². The van der Waals surface area contributed by atoms with Crippen LogP contribution in [0.1, 0.15) is 41.9 Å². The summed E-state index contributed by atoms with van der Waals surface area (Å²) in [6.45, 7) is -1.49. The van der Waals surface area contributed by atoms with Crippen LogP contribution in [0.5, 0.6) is 0 Å². The van der Waals surface area contributed by atoms with Gasteiger partial charge < -0.3 is 9.94 Å². The fourth-order valence-electron chi connectivity index (χ4n) is 3.48. The Morgan fingerprint density at radius 3 is 2.22 bits per heavy atom. The van der Waals surface area contributed by atoms with Crippen LogP contribution in [0.3, 0.4) is 0 Å². The highest BCUT2D eigenvalue weighted by Crippen LogP contribution is 2.41. The molecular formula is C22H19Cl3F3NO3. The Hall–Kier alpha value is -1.96. The second-order valence-corrected chi connectivity index (χ2v) is 8.82. The van der Waals surface area contributed by atoms with Gasteiger partial charge in [-0.05, 0) is 60.4 Å². The van der Waals surface area contributed by atoms with E-state index in [0.717, 1.165) is 11.1 Å². The van der Waals surface area contributed by atoms with E-state index in [-0.39, 0.29) is 33.3 Å². The zero-order valence-corrected chi connectivity index (χ0v) is 18.9. The lowest BCUT2D eigenvalue weighted by molar-refractivity contribution is -0.173. The first-order valence-corrected chi connectivity index (χ1v) is 10.9. The van der Waals surface area contributed by atoms with Gasteiger partial charge in [0.2, 0.25) is 6.61 Å². The van der Waals surface area contributed by atoms with E-state index in [1.165, 1.54) is 0 Å². The first kappa shape index (κ1) is 24.7. The van der Waals surface area contributed by atoms with Gasteiger partial charge in [-0.1, -0.05) is 64.2 Å². The van der Waals surface area contributed by atoms with Gasteiger partial charge in [0, 0.05) is 0 Å². The Balaban J connectivity index is 1.74. The van der Waals surface area contributed by atoms with E-state index in [9.17, 15) is 18.0 Å². The predicted octanol–water partition coefficient (Wildman–Crippen LogP) is 7.14. The molecule has 0 heterocycles. The van der Waals surface area contributed by atoms with Gasteiger partial charge in [0.05, 0.1) is 26.7 Å². The molecule has 3 rings (SSSR count). The molecule has 1 aliphatic carbocycles. The highest BCUT2D eigenvalue weighted by atomic mass is 35.5. The minimum absolute atomic E-state index is 0.158. The van der Waals surface area contributed by atoms with E-state index in [4.69, 9.17) is 39.9 Å². The van der Waals surface area contributed by atoms with E-state index in [0.29, 0.717) is 30.5 Å². The SMILES string of the molecule is O=C(O)C1CC(c2ccc(/C(CCc3cc(Cl)c(Cl)c(Cl)c3)=N/OCC(F)(F)F)cc2)C1. The van der Waals surface area contributed by atoms with E-state index < -0.39 is 18.8 Å². The zero-order valence-electron chi connectivity index (χ0n) is 16.6. The summed E-state index contributed by atoms with van der Waals surface area (Å²) in [6, 6.07) is 10.5. The number of aryl methyl sites for hydroxylation is 1. The third kappa shape index (κ3) is 6.53. The third-order valence-corrected chi connectivity index (χ3v) is 6.50. The minimum atomic E-state index is -4.50. The predicted molar refractivity (Wildman–Crippen MR) is 118 cm³/mol. The second kappa shape index (κ2) is 10.3. The molecule has 172 valence electrons. The largest absolute Gasteiger partial charge is 0.481 e. The van der Waals surface area contributed by atoms with E-state index >= 15 is 0 Å². The zero-order chi connectivity index (χ0) is 23.5. The number of rotatable bonds is 8. The lowest BCUT2D eigenvalue weighted by atomic mass is 9.71. The fourth-order valence-corrected chi connectivity index (χ4v) is 4.12. The number of halogens is 6. The van der Waals surface area contributed by atoms with E-state index in [1.54, 1.807) is 24.3 Å². The normalized spacial score (nSPS) is 18.9. The third-order valence-electron chi connectivity index (χ3n) is 5.30. The summed E-state index contributed by atoms with van der Waals surface area (Å²) in [6.07, 6.45) is -2.68. The lowest BCUT2D eigenvalue weighted by Gasteiger charge is -2.32. The van der Waals surface area contributed by atoms with Gasteiger partial charge in [-0.15, -0.1) is 0 Å². The highest BCUT2D eigenvalue weighted by Gasteiger charge is 2.35. The number of carboxylic acids is 1. The Morgan fingerprint density at radius 1 is 1.09 bits per heavy atom. The number of nitrogens with zero attached hydrogens (tertiary/aromatic N) is 1. The average molecular weight is 509 g/mol. The summed E-state index contributed by atoms with van der Waals surface area (Å²) in [5.41, 5.74) is 2.67. The van der Waals surface area contributed by atoms with Crippen molar-refractivity contribution >= 4 is 46.5 Å². The summed E-state index contributed by atoms with van der Waals surface area (Å²) in [4.78, 5) is 15.5. The topological polar surface area (TPSA) is 58.9 Å². The number of oxime groups is 1. The molecule has 32 heavy (non-hydrogen) atoms. The summed E-state index contributed by atoms with van der Waals surface area (Å²) in [5, 5.41) is 13.5. The average Bonchev–Trinajstić information content (AvgIpc) is 2.67. The van der Waals surface area contributed by atoms with Crippen molar-refractivity contribution in [2.45, 2.75) is 37.8 Å². The van der Waals surface area contributed by atoms with Crippen molar-refractivity contribution in [1.29, 1.82) is 0 Å². The van der Waals surface area contributed by atoms with Crippen LogP contribution in [-0.2, 0) is 16.1 Å². The molecule has 1 saturated carbocycles. The van der Waals surface area contributed by atoms with Crippen molar-refractivity contribution < 1.29 is 27.9 Å². The molecule has 10 heteroatoms. The number of alkyl halides is 3. The second-order valence-electron chi connectivity index (χ2n) is 7.63. The molecule has 1 N–H and O–H groups in total. The monoisotopic (exact) mass is 507 g/mol. The van der Waals surface area contributed by atoms with Crippen LogP contribution in [0.15, 0.2) is 41.6 Å². The summed E-state index contributed by atoms with van der Waals surface area (Å²) in [5.74, 6) is -0.965. The molecule has 0 amide bonds. The molecule has 2 aromatic carbocycles. The minimum Gasteiger partial charge on any atom is -0.481 e. The Bertz CT molecular complexity index is 981. The van der Waals surface area contributed by atoms with Crippen LogP contribution in [0, 0.1) is 5.92 Å². The summed E-state index contributed by atoms with van der Waals surface area (Å²) >= 11 is 18.1. The quantitative estimate of drug-likeness (QED) is 0.234. The molecular weight excluding hydrogens is 490 g/mol. The molecule has 0 saturated heterocycles. The van der Waals surface area contributed by atoms with Gasteiger partial charge in [0.25, 0.3) is 0 Å². The van der Waals surface area contributed by atoms with Crippen LogP contribution >= 0.6 is 34.8 Å². The Kier molecular flexibility index (Phi) is 7.96. The van der Waals surface area contributed by atoms with Gasteiger partial charge in [-0.3, -0.25) is 4.79 Å². The number of hydrogen-bond acceptors (Lipinski definition) is 3. The van der Waals surface area contributed by atoms with E-state index in [1.807, 2.05) is 12.1 Å². The Morgan fingerprint density at radius 2 is 1.69 bits per heavy atom.